The largest absolute Gasteiger partial charge is 0.220 e. The minimum atomic E-state index is 0.660. The van der Waals surface area contributed by atoms with Gasteiger partial charge < -0.3 is 0 Å². The second-order valence-corrected chi connectivity index (χ2v) is 8.96. The van der Waals surface area contributed by atoms with Crippen molar-refractivity contribution < 1.29 is 5.94 Å². The van der Waals surface area contributed by atoms with Crippen LogP contribution in [0.2, 0.25) is 0 Å². The third-order valence-electron chi connectivity index (χ3n) is 6.93. The lowest BCUT2D eigenvalue weighted by Gasteiger charge is -2.24. The highest BCUT2D eigenvalue weighted by molar-refractivity contribution is 5.95. The molecule has 1 saturated carbocycles. The summed E-state index contributed by atoms with van der Waals surface area (Å²) >= 11 is 0. The Morgan fingerprint density at radius 1 is 0.893 bits per heavy atom. The van der Waals surface area contributed by atoms with Crippen LogP contribution in [0.4, 0.5) is 0 Å². The Balaban J connectivity index is 2.05. The molecule has 0 radical (unpaired) electrons. The van der Waals surface area contributed by atoms with Gasteiger partial charge in [-0.05, 0) is 86.2 Å². The number of rotatable bonds is 2. The van der Waals surface area contributed by atoms with Gasteiger partial charge in [-0.2, -0.15) is 4.57 Å². The SMILES string of the molecule is [2H]c1c(C)[n+](C)c(-c2cc(C)cc(C)c2C)c2cc(C)c(C3CCCCC3)cc12. The van der Waals surface area contributed by atoms with Crippen molar-refractivity contribution in [1.29, 1.82) is 0 Å². The summed E-state index contributed by atoms with van der Waals surface area (Å²) in [6.45, 7) is 11.0. The van der Waals surface area contributed by atoms with E-state index >= 15 is 0 Å². The molecule has 0 N–H and O–H groups in total. The Morgan fingerprint density at radius 2 is 1.61 bits per heavy atom. The van der Waals surface area contributed by atoms with Crippen molar-refractivity contribution in [1.82, 2.24) is 0 Å². The molecule has 3 aromatic rings. The van der Waals surface area contributed by atoms with Crippen LogP contribution in [0.3, 0.4) is 0 Å². The van der Waals surface area contributed by atoms with Gasteiger partial charge in [-0.1, -0.05) is 37.0 Å². The molecule has 4 rings (SSSR count). The van der Waals surface area contributed by atoms with Gasteiger partial charge in [0.25, 0.3) is 0 Å². The van der Waals surface area contributed by atoms with Gasteiger partial charge in [0.2, 0.25) is 5.69 Å². The maximum atomic E-state index is 8.89. The van der Waals surface area contributed by atoms with Crippen LogP contribution in [-0.4, -0.2) is 0 Å². The Morgan fingerprint density at radius 3 is 2.32 bits per heavy atom. The van der Waals surface area contributed by atoms with Crippen molar-refractivity contribution in [2.45, 2.75) is 72.6 Å². The lowest BCUT2D eigenvalue weighted by molar-refractivity contribution is -0.665. The fourth-order valence-corrected chi connectivity index (χ4v) is 5.12. The van der Waals surface area contributed by atoms with Crippen molar-refractivity contribution in [2.24, 2.45) is 7.05 Å². The highest BCUT2D eigenvalue weighted by Crippen LogP contribution is 2.38. The van der Waals surface area contributed by atoms with Crippen molar-refractivity contribution in [3.63, 3.8) is 0 Å². The van der Waals surface area contributed by atoms with Gasteiger partial charge in [0.05, 0.1) is 12.3 Å². The predicted molar refractivity (Wildman–Crippen MR) is 120 cm³/mol. The van der Waals surface area contributed by atoms with Crippen LogP contribution >= 0.6 is 0 Å². The first-order chi connectivity index (χ1) is 13.8. The number of pyridine rings is 1. The van der Waals surface area contributed by atoms with E-state index in [1.807, 2.05) is 0 Å². The molecule has 1 heteroatoms. The fraction of sp³-hybridized carbons (Fsp3) is 0.444. The van der Waals surface area contributed by atoms with E-state index in [1.165, 1.54) is 76.6 Å². The van der Waals surface area contributed by atoms with E-state index in [1.54, 1.807) is 0 Å². The van der Waals surface area contributed by atoms with Gasteiger partial charge in [-0.15, -0.1) is 0 Å². The van der Waals surface area contributed by atoms with E-state index in [4.69, 9.17) is 1.37 Å². The van der Waals surface area contributed by atoms with Crippen molar-refractivity contribution >= 4 is 10.8 Å². The number of fused-ring (bicyclic) bond motifs is 1. The van der Waals surface area contributed by atoms with Gasteiger partial charge in [0, 0.05) is 13.0 Å². The average Bonchev–Trinajstić information content (AvgIpc) is 2.70. The molecular formula is C27H34N+. The van der Waals surface area contributed by atoms with Crippen molar-refractivity contribution in [2.75, 3.05) is 0 Å². The standard InChI is InChI=1S/C27H34N/c1-17-12-18(2)21(5)25(13-17)27-26-14-19(3)24(22-10-8-7-9-11-22)16-23(26)15-20(4)28(27)6/h12-16,22H,7-11H2,1-6H3/q+1/i15D. The summed E-state index contributed by atoms with van der Waals surface area (Å²) in [7, 11) is 2.11. The molecule has 146 valence electrons. The molecule has 1 fully saturated rings. The van der Waals surface area contributed by atoms with Crippen LogP contribution in [0.15, 0.2) is 30.3 Å². The molecule has 1 nitrogen and oxygen atoms in total. The van der Waals surface area contributed by atoms with Crippen LogP contribution in [0.5, 0.6) is 0 Å². The first-order valence-corrected chi connectivity index (χ1v) is 10.8. The number of aryl methyl sites for hydroxylation is 3. The van der Waals surface area contributed by atoms with Crippen LogP contribution in [0, 0.1) is 34.6 Å². The number of aromatic nitrogens is 1. The molecule has 0 amide bonds. The molecule has 0 aliphatic heterocycles. The van der Waals surface area contributed by atoms with Gasteiger partial charge >= 0.3 is 0 Å². The molecule has 0 unspecified atom stereocenters. The van der Waals surface area contributed by atoms with Crippen LogP contribution in [0.25, 0.3) is 22.0 Å². The number of hydrogen-bond donors (Lipinski definition) is 0. The summed E-state index contributed by atoms with van der Waals surface area (Å²) in [5, 5.41) is 2.33. The lowest BCUT2D eigenvalue weighted by Crippen LogP contribution is -2.35. The van der Waals surface area contributed by atoms with Gasteiger partial charge in [-0.3, -0.25) is 0 Å². The topological polar surface area (TPSA) is 3.88 Å². The summed E-state index contributed by atoms with van der Waals surface area (Å²) in [5.74, 6) is 0.660. The summed E-state index contributed by atoms with van der Waals surface area (Å²) in [5.41, 5.74) is 10.4. The summed E-state index contributed by atoms with van der Waals surface area (Å²) < 4.78 is 11.1. The van der Waals surface area contributed by atoms with Crippen LogP contribution in [0.1, 0.15) is 72.9 Å². The zero-order valence-corrected chi connectivity index (χ0v) is 18.4. The zero-order chi connectivity index (χ0) is 20.9. The molecule has 28 heavy (non-hydrogen) atoms. The Labute approximate surface area is 171 Å². The van der Waals surface area contributed by atoms with Crippen molar-refractivity contribution in [3.8, 4) is 11.3 Å². The highest BCUT2D eigenvalue weighted by Gasteiger charge is 2.23. The first kappa shape index (κ1) is 17.9. The quantitative estimate of drug-likeness (QED) is 0.429. The van der Waals surface area contributed by atoms with Gasteiger partial charge in [0.1, 0.15) is 7.05 Å². The van der Waals surface area contributed by atoms with Crippen molar-refractivity contribution in [3.05, 3.63) is 63.8 Å². The van der Waals surface area contributed by atoms with Crippen LogP contribution in [-0.2, 0) is 7.05 Å². The number of hydrogen-bond acceptors (Lipinski definition) is 0. The third-order valence-corrected chi connectivity index (χ3v) is 6.93. The Bertz CT molecular complexity index is 1100. The van der Waals surface area contributed by atoms with Gasteiger partial charge in [0.15, 0.2) is 5.69 Å². The maximum absolute atomic E-state index is 8.89. The molecule has 1 aromatic heterocycles. The van der Waals surface area contributed by atoms with E-state index < -0.39 is 0 Å². The minimum absolute atomic E-state index is 0.660. The smallest absolute Gasteiger partial charge is 0.198 e. The molecule has 1 aliphatic carbocycles. The van der Waals surface area contributed by atoms with E-state index in [9.17, 15) is 0 Å². The number of benzene rings is 2. The monoisotopic (exact) mass is 373 g/mol. The molecule has 1 aliphatic rings. The molecule has 0 bridgehead atoms. The third kappa shape index (κ3) is 3.26. The predicted octanol–water partition coefficient (Wildman–Crippen LogP) is 6.92. The maximum Gasteiger partial charge on any atom is 0.220 e. The molecule has 0 saturated heterocycles. The second kappa shape index (κ2) is 7.35. The Kier molecular flexibility index (Phi) is 4.70. The molecule has 1 heterocycles. The van der Waals surface area contributed by atoms with Crippen LogP contribution < -0.4 is 4.57 Å². The fourth-order valence-electron chi connectivity index (χ4n) is 5.12. The Hall–Kier alpha value is -2.15. The lowest BCUT2D eigenvalue weighted by atomic mass is 9.81. The van der Waals surface area contributed by atoms with E-state index in [-0.39, 0.29) is 0 Å². The minimum Gasteiger partial charge on any atom is -0.198 e. The molecular weight excluding hydrogens is 338 g/mol. The normalized spacial score (nSPS) is 15.9. The van der Waals surface area contributed by atoms with E-state index in [0.717, 1.165) is 11.1 Å². The second-order valence-electron chi connectivity index (χ2n) is 8.96. The highest BCUT2D eigenvalue weighted by atomic mass is 14.9. The number of nitrogens with zero attached hydrogens (tertiary/aromatic N) is 1. The molecule has 0 atom stereocenters. The molecule has 0 spiro atoms. The summed E-state index contributed by atoms with van der Waals surface area (Å²) in [4.78, 5) is 0. The summed E-state index contributed by atoms with van der Waals surface area (Å²) in [6, 6.07) is 9.97. The summed E-state index contributed by atoms with van der Waals surface area (Å²) in [6.07, 6.45) is 6.64. The molecule has 2 aromatic carbocycles. The first-order valence-electron chi connectivity index (χ1n) is 11.3. The van der Waals surface area contributed by atoms with E-state index in [2.05, 4.69) is 70.5 Å². The zero-order valence-electron chi connectivity index (χ0n) is 19.4. The average molecular weight is 374 g/mol. The van der Waals surface area contributed by atoms with E-state index in [0.29, 0.717) is 12.0 Å². The van der Waals surface area contributed by atoms with Gasteiger partial charge in [-0.25, -0.2) is 0 Å².